The lowest BCUT2D eigenvalue weighted by molar-refractivity contribution is -0.153. The topological polar surface area (TPSA) is 46.5 Å². The van der Waals surface area contributed by atoms with Gasteiger partial charge in [-0.15, -0.1) is 0 Å². The van der Waals surface area contributed by atoms with Gasteiger partial charge in [0.2, 0.25) is 0 Å². The Morgan fingerprint density at radius 3 is 2.53 bits per heavy atom. The first kappa shape index (κ1) is 13.8. The molecule has 0 aromatic heterocycles. The number of ether oxygens (including phenoxy) is 1. The van der Waals surface area contributed by atoms with Gasteiger partial charge >= 0.3 is 12.3 Å². The van der Waals surface area contributed by atoms with Crippen LogP contribution in [0.4, 0.5) is 4.39 Å². The van der Waals surface area contributed by atoms with Crippen LogP contribution in [-0.4, -0.2) is 17.4 Å². The van der Waals surface area contributed by atoms with E-state index in [0.29, 0.717) is 16.1 Å². The van der Waals surface area contributed by atoms with Gasteiger partial charge in [0.05, 0.1) is 0 Å². The maximum Gasteiger partial charge on any atom is 0.378 e. The first-order valence-electron chi connectivity index (χ1n) is 5.16. The maximum atomic E-state index is 13.0. The third kappa shape index (κ3) is 3.33. The molecule has 0 radical (unpaired) electrons. The number of carboxylic acid groups (broad SMARTS) is 1. The molecule has 0 amide bonds. The molecule has 0 saturated carbocycles. The standard InChI is InChI=1S/C12H14ClFO3/c1-6(2)8-5-9(13)7(3)4-10(8)17-11(14)12(15)16/h4-6,11H,1-3H3,(H,15,16). The summed E-state index contributed by atoms with van der Waals surface area (Å²) in [6.45, 7) is 5.52. The summed E-state index contributed by atoms with van der Waals surface area (Å²) in [6.07, 6.45) is -2.37. The first-order chi connectivity index (χ1) is 7.82. The number of carbonyl (C=O) groups is 1. The highest BCUT2D eigenvalue weighted by Gasteiger charge is 2.20. The van der Waals surface area contributed by atoms with E-state index in [0.717, 1.165) is 0 Å². The van der Waals surface area contributed by atoms with Gasteiger partial charge in [-0.1, -0.05) is 25.4 Å². The van der Waals surface area contributed by atoms with Crippen molar-refractivity contribution in [3.8, 4) is 5.75 Å². The third-order valence-corrected chi connectivity index (χ3v) is 2.74. The van der Waals surface area contributed by atoms with Crippen LogP contribution in [0.2, 0.25) is 5.02 Å². The van der Waals surface area contributed by atoms with E-state index in [1.165, 1.54) is 0 Å². The number of carboxylic acids is 1. The van der Waals surface area contributed by atoms with Crippen LogP contribution in [0, 0.1) is 6.92 Å². The molecule has 0 fully saturated rings. The maximum absolute atomic E-state index is 13.0. The molecule has 0 heterocycles. The molecule has 94 valence electrons. The molecule has 0 aliphatic carbocycles. The van der Waals surface area contributed by atoms with E-state index in [2.05, 4.69) is 0 Å². The van der Waals surface area contributed by atoms with Crippen molar-refractivity contribution in [1.82, 2.24) is 0 Å². The van der Waals surface area contributed by atoms with Gasteiger partial charge in [0.15, 0.2) is 0 Å². The second-order valence-corrected chi connectivity index (χ2v) is 4.47. The molecule has 1 rings (SSSR count). The van der Waals surface area contributed by atoms with Gasteiger partial charge < -0.3 is 9.84 Å². The molecule has 0 spiro atoms. The van der Waals surface area contributed by atoms with Gasteiger partial charge in [0.25, 0.3) is 0 Å². The largest absolute Gasteiger partial charge is 0.476 e. The molecule has 1 aromatic carbocycles. The van der Waals surface area contributed by atoms with Crippen LogP contribution >= 0.6 is 11.6 Å². The minimum atomic E-state index is -2.37. The zero-order valence-corrected chi connectivity index (χ0v) is 10.6. The van der Waals surface area contributed by atoms with Crippen molar-refractivity contribution >= 4 is 17.6 Å². The Morgan fingerprint density at radius 2 is 2.06 bits per heavy atom. The second-order valence-electron chi connectivity index (χ2n) is 4.07. The number of hydrogen-bond donors (Lipinski definition) is 1. The Hall–Kier alpha value is -1.29. The molecular formula is C12H14ClFO3. The van der Waals surface area contributed by atoms with Crippen LogP contribution in [-0.2, 0) is 4.79 Å². The van der Waals surface area contributed by atoms with Gasteiger partial charge in [-0.25, -0.2) is 4.79 Å². The number of hydrogen-bond acceptors (Lipinski definition) is 2. The van der Waals surface area contributed by atoms with Gasteiger partial charge in [-0.05, 0) is 36.1 Å². The van der Waals surface area contributed by atoms with E-state index in [1.807, 2.05) is 13.8 Å². The molecule has 1 unspecified atom stereocenters. The van der Waals surface area contributed by atoms with Gasteiger partial charge in [0.1, 0.15) is 5.75 Å². The summed E-state index contributed by atoms with van der Waals surface area (Å²) in [5.41, 5.74) is 1.40. The lowest BCUT2D eigenvalue weighted by Gasteiger charge is -2.16. The van der Waals surface area contributed by atoms with Crippen molar-refractivity contribution in [2.45, 2.75) is 33.0 Å². The number of benzene rings is 1. The van der Waals surface area contributed by atoms with Crippen molar-refractivity contribution in [3.63, 3.8) is 0 Å². The van der Waals surface area contributed by atoms with Crippen LogP contribution in [0.1, 0.15) is 30.9 Å². The summed E-state index contributed by atoms with van der Waals surface area (Å²) in [6, 6.07) is 3.22. The van der Waals surface area contributed by atoms with Crippen LogP contribution in [0.25, 0.3) is 0 Å². The smallest absolute Gasteiger partial charge is 0.378 e. The highest BCUT2D eigenvalue weighted by Crippen LogP contribution is 2.32. The van der Waals surface area contributed by atoms with E-state index in [4.69, 9.17) is 21.4 Å². The molecule has 17 heavy (non-hydrogen) atoms. The fraction of sp³-hybridized carbons (Fsp3) is 0.417. The molecular weight excluding hydrogens is 247 g/mol. The lowest BCUT2D eigenvalue weighted by Crippen LogP contribution is -2.22. The number of aryl methyl sites for hydroxylation is 1. The second kappa shape index (κ2) is 5.36. The highest BCUT2D eigenvalue weighted by atomic mass is 35.5. The average Bonchev–Trinajstić information content (AvgIpc) is 2.22. The Bertz CT molecular complexity index is 432. The van der Waals surface area contributed by atoms with E-state index < -0.39 is 12.3 Å². The normalized spacial score (nSPS) is 12.6. The number of alkyl halides is 1. The SMILES string of the molecule is Cc1cc(OC(F)C(=O)O)c(C(C)C)cc1Cl. The molecule has 1 aromatic rings. The first-order valence-corrected chi connectivity index (χ1v) is 5.54. The minimum Gasteiger partial charge on any atom is -0.476 e. The predicted molar refractivity (Wildman–Crippen MR) is 63.4 cm³/mol. The molecule has 1 atom stereocenters. The van der Waals surface area contributed by atoms with E-state index in [-0.39, 0.29) is 11.7 Å². The monoisotopic (exact) mass is 260 g/mol. The molecule has 1 N–H and O–H groups in total. The molecule has 0 saturated heterocycles. The predicted octanol–water partition coefficient (Wildman–Crippen LogP) is 3.53. The van der Waals surface area contributed by atoms with Crippen LogP contribution in [0.3, 0.4) is 0 Å². The van der Waals surface area contributed by atoms with Crippen molar-refractivity contribution in [3.05, 3.63) is 28.3 Å². The van der Waals surface area contributed by atoms with Gasteiger partial charge in [0, 0.05) is 5.02 Å². The van der Waals surface area contributed by atoms with E-state index >= 15 is 0 Å². The van der Waals surface area contributed by atoms with Crippen LogP contribution < -0.4 is 4.74 Å². The van der Waals surface area contributed by atoms with Crippen molar-refractivity contribution in [2.24, 2.45) is 0 Å². The Balaban J connectivity index is 3.12. The average molecular weight is 261 g/mol. The molecule has 0 bridgehead atoms. The van der Waals surface area contributed by atoms with Crippen molar-refractivity contribution < 1.29 is 19.0 Å². The Labute approximate surface area is 104 Å². The fourth-order valence-corrected chi connectivity index (χ4v) is 1.56. The zero-order chi connectivity index (χ0) is 13.2. The van der Waals surface area contributed by atoms with Crippen molar-refractivity contribution in [2.75, 3.05) is 0 Å². The zero-order valence-electron chi connectivity index (χ0n) is 9.83. The lowest BCUT2D eigenvalue weighted by atomic mass is 10.0. The van der Waals surface area contributed by atoms with E-state index in [9.17, 15) is 9.18 Å². The summed E-state index contributed by atoms with van der Waals surface area (Å²) >= 11 is 5.96. The van der Waals surface area contributed by atoms with Crippen LogP contribution in [0.15, 0.2) is 12.1 Å². The summed E-state index contributed by atoms with van der Waals surface area (Å²) in [7, 11) is 0. The fourth-order valence-electron chi connectivity index (χ4n) is 1.39. The van der Waals surface area contributed by atoms with Crippen LogP contribution in [0.5, 0.6) is 5.75 Å². The molecule has 3 nitrogen and oxygen atoms in total. The third-order valence-electron chi connectivity index (χ3n) is 2.34. The quantitative estimate of drug-likeness (QED) is 0.901. The van der Waals surface area contributed by atoms with Gasteiger partial charge in [-0.2, -0.15) is 4.39 Å². The Morgan fingerprint density at radius 1 is 1.47 bits per heavy atom. The summed E-state index contributed by atoms with van der Waals surface area (Å²) in [5.74, 6) is -1.37. The number of aliphatic carboxylic acids is 1. The van der Waals surface area contributed by atoms with E-state index in [1.54, 1.807) is 19.1 Å². The Kier molecular flexibility index (Phi) is 4.34. The molecule has 0 aliphatic rings. The summed E-state index contributed by atoms with van der Waals surface area (Å²) in [4.78, 5) is 10.4. The summed E-state index contributed by atoms with van der Waals surface area (Å²) < 4.78 is 17.8. The minimum absolute atomic E-state index is 0.0593. The number of rotatable bonds is 4. The highest BCUT2D eigenvalue weighted by molar-refractivity contribution is 6.31. The number of halogens is 2. The molecule has 5 heteroatoms. The molecule has 0 aliphatic heterocycles. The van der Waals surface area contributed by atoms with Gasteiger partial charge in [-0.3, -0.25) is 0 Å². The van der Waals surface area contributed by atoms with Crippen molar-refractivity contribution in [1.29, 1.82) is 0 Å². The summed E-state index contributed by atoms with van der Waals surface area (Å²) in [5, 5.41) is 9.02.